The van der Waals surface area contributed by atoms with Gasteiger partial charge >= 0.3 is 6.18 Å². The zero-order valence-corrected chi connectivity index (χ0v) is 10.8. The fourth-order valence-corrected chi connectivity index (χ4v) is 2.50. The van der Waals surface area contributed by atoms with Crippen molar-refractivity contribution in [2.45, 2.75) is 31.0 Å². The first kappa shape index (κ1) is 14.3. The van der Waals surface area contributed by atoms with Crippen molar-refractivity contribution in [3.63, 3.8) is 0 Å². The molecule has 1 N–H and O–H groups in total. The van der Waals surface area contributed by atoms with Gasteiger partial charge < -0.3 is 10.1 Å². The van der Waals surface area contributed by atoms with Crippen LogP contribution < -0.4 is 5.32 Å². The van der Waals surface area contributed by atoms with Crippen LogP contribution in [0.15, 0.2) is 24.3 Å². The first-order valence-corrected chi connectivity index (χ1v) is 6.39. The van der Waals surface area contributed by atoms with E-state index in [1.54, 1.807) is 7.05 Å². The third kappa shape index (κ3) is 3.94. The molecule has 2 nitrogen and oxygen atoms in total. The normalized spacial score (nSPS) is 19.7. The molecule has 1 aromatic carbocycles. The molecule has 1 aliphatic rings. The Morgan fingerprint density at radius 3 is 2.74 bits per heavy atom. The van der Waals surface area contributed by atoms with Crippen LogP contribution in [0.25, 0.3) is 0 Å². The Labute approximate surface area is 111 Å². The number of hydrogen-bond acceptors (Lipinski definition) is 2. The lowest BCUT2D eigenvalue weighted by molar-refractivity contribution is -0.175. The van der Waals surface area contributed by atoms with Gasteiger partial charge in [-0.05, 0) is 36.9 Å². The Hall–Kier alpha value is -1.07. The van der Waals surface area contributed by atoms with Crippen molar-refractivity contribution in [1.82, 2.24) is 5.32 Å². The van der Waals surface area contributed by atoms with Crippen molar-refractivity contribution in [3.05, 3.63) is 35.4 Å². The molecule has 19 heavy (non-hydrogen) atoms. The molecule has 2 atom stereocenters. The summed E-state index contributed by atoms with van der Waals surface area (Å²) in [6.45, 7) is -1.08. The van der Waals surface area contributed by atoms with Gasteiger partial charge in [0.15, 0.2) is 0 Å². The minimum absolute atomic E-state index is 0.0410. The predicted molar refractivity (Wildman–Crippen MR) is 67.2 cm³/mol. The summed E-state index contributed by atoms with van der Waals surface area (Å²) >= 11 is 0. The maximum absolute atomic E-state index is 12.0. The van der Waals surface area contributed by atoms with Gasteiger partial charge in [-0.15, -0.1) is 0 Å². The van der Waals surface area contributed by atoms with Gasteiger partial charge in [0.2, 0.25) is 0 Å². The highest BCUT2D eigenvalue weighted by Gasteiger charge is 2.30. The Balaban J connectivity index is 1.78. The highest BCUT2D eigenvalue weighted by molar-refractivity contribution is 5.39. The number of nitrogens with one attached hydrogen (secondary N) is 1. The molecule has 2 unspecified atom stereocenters. The number of halogens is 3. The molecular formula is C14H18F3NO. The molecule has 0 radical (unpaired) electrons. The van der Waals surface area contributed by atoms with Crippen LogP contribution >= 0.6 is 0 Å². The number of alkyl halides is 3. The van der Waals surface area contributed by atoms with Gasteiger partial charge in [-0.3, -0.25) is 0 Å². The highest BCUT2D eigenvalue weighted by Crippen LogP contribution is 2.37. The second-order valence-electron chi connectivity index (χ2n) is 4.95. The molecule has 0 aliphatic heterocycles. The van der Waals surface area contributed by atoms with E-state index in [1.165, 1.54) is 11.1 Å². The fraction of sp³-hybridized carbons (Fsp3) is 0.571. The molecule has 0 amide bonds. The topological polar surface area (TPSA) is 21.3 Å². The molecule has 0 saturated carbocycles. The van der Waals surface area contributed by atoms with Crippen LogP contribution in [-0.2, 0) is 11.2 Å². The van der Waals surface area contributed by atoms with Gasteiger partial charge in [-0.1, -0.05) is 24.3 Å². The van der Waals surface area contributed by atoms with Crippen molar-refractivity contribution in [2.24, 2.45) is 0 Å². The molecule has 106 valence electrons. The molecule has 2 rings (SSSR count). The van der Waals surface area contributed by atoms with E-state index in [9.17, 15) is 13.2 Å². The second-order valence-corrected chi connectivity index (χ2v) is 4.95. The lowest BCUT2D eigenvalue weighted by Gasteiger charge is -2.33. The molecule has 0 fully saturated rings. The molecule has 0 bridgehead atoms. The standard InChI is InChI=1S/C14H18F3NO/c1-18-12(8-19-9-14(15,16)17)7-11-6-10-4-2-3-5-13(10)11/h2-5,11-12,18H,6-9H2,1H3. The molecule has 0 aromatic heterocycles. The Morgan fingerprint density at radius 2 is 2.11 bits per heavy atom. The van der Waals surface area contributed by atoms with E-state index in [1.807, 2.05) is 12.1 Å². The number of hydrogen-bond donors (Lipinski definition) is 1. The first-order valence-electron chi connectivity index (χ1n) is 6.39. The van der Waals surface area contributed by atoms with Crippen LogP contribution in [0.2, 0.25) is 0 Å². The van der Waals surface area contributed by atoms with Crippen LogP contribution in [0.3, 0.4) is 0 Å². The molecule has 0 saturated heterocycles. The Bertz CT molecular complexity index is 419. The number of fused-ring (bicyclic) bond motifs is 1. The van der Waals surface area contributed by atoms with E-state index in [0.29, 0.717) is 5.92 Å². The average molecular weight is 273 g/mol. The highest BCUT2D eigenvalue weighted by atomic mass is 19.4. The van der Waals surface area contributed by atoms with Crippen molar-refractivity contribution in [3.8, 4) is 0 Å². The summed E-state index contributed by atoms with van der Waals surface area (Å²) in [7, 11) is 1.76. The zero-order valence-electron chi connectivity index (χ0n) is 10.8. The zero-order chi connectivity index (χ0) is 13.9. The van der Waals surface area contributed by atoms with Crippen LogP contribution in [0.1, 0.15) is 23.5 Å². The van der Waals surface area contributed by atoms with E-state index in [4.69, 9.17) is 4.74 Å². The molecule has 0 heterocycles. The quantitative estimate of drug-likeness (QED) is 0.860. The smallest absolute Gasteiger partial charge is 0.370 e. The summed E-state index contributed by atoms with van der Waals surface area (Å²) in [5.74, 6) is 0.433. The average Bonchev–Trinajstić information content (AvgIpc) is 2.32. The first-order chi connectivity index (χ1) is 8.99. The summed E-state index contributed by atoms with van der Waals surface area (Å²) in [5, 5.41) is 3.03. The van der Waals surface area contributed by atoms with Crippen molar-refractivity contribution in [1.29, 1.82) is 0 Å². The monoisotopic (exact) mass is 273 g/mol. The summed E-state index contributed by atoms with van der Waals surface area (Å²) in [5.41, 5.74) is 2.66. The molecule has 0 spiro atoms. The van der Waals surface area contributed by atoms with Gasteiger partial charge in [0.25, 0.3) is 0 Å². The summed E-state index contributed by atoms with van der Waals surface area (Å²) in [6, 6.07) is 8.16. The predicted octanol–water partition coefficient (Wildman–Crippen LogP) is 2.88. The minimum atomic E-state index is -4.25. The van der Waals surface area contributed by atoms with E-state index >= 15 is 0 Å². The van der Waals surface area contributed by atoms with Crippen molar-refractivity contribution >= 4 is 0 Å². The van der Waals surface area contributed by atoms with E-state index in [0.717, 1.165) is 12.8 Å². The van der Waals surface area contributed by atoms with E-state index in [-0.39, 0.29) is 12.6 Å². The SMILES string of the molecule is CNC(COCC(F)(F)F)CC1Cc2ccccc21. The lowest BCUT2D eigenvalue weighted by Crippen LogP contribution is -2.35. The van der Waals surface area contributed by atoms with E-state index in [2.05, 4.69) is 17.4 Å². The Kier molecular flexibility index (Phi) is 4.47. The van der Waals surface area contributed by atoms with Gasteiger partial charge in [0.1, 0.15) is 6.61 Å². The summed E-state index contributed by atoms with van der Waals surface area (Å²) in [6.07, 6.45) is -2.43. The lowest BCUT2D eigenvalue weighted by atomic mass is 9.74. The fourth-order valence-electron chi connectivity index (χ4n) is 2.50. The second kappa shape index (κ2) is 5.92. The van der Waals surface area contributed by atoms with Crippen LogP contribution in [0, 0.1) is 0 Å². The number of rotatable bonds is 6. The molecule has 1 aromatic rings. The molecular weight excluding hydrogens is 255 g/mol. The number of benzene rings is 1. The third-order valence-electron chi connectivity index (χ3n) is 3.52. The van der Waals surface area contributed by atoms with Gasteiger partial charge in [-0.25, -0.2) is 0 Å². The van der Waals surface area contributed by atoms with Gasteiger partial charge in [0.05, 0.1) is 6.61 Å². The third-order valence-corrected chi connectivity index (χ3v) is 3.52. The maximum Gasteiger partial charge on any atom is 0.411 e. The van der Waals surface area contributed by atoms with Gasteiger partial charge in [-0.2, -0.15) is 13.2 Å². The largest absolute Gasteiger partial charge is 0.411 e. The summed E-state index contributed by atoms with van der Waals surface area (Å²) in [4.78, 5) is 0. The molecule has 1 aliphatic carbocycles. The van der Waals surface area contributed by atoms with E-state index < -0.39 is 12.8 Å². The number of ether oxygens (including phenoxy) is 1. The van der Waals surface area contributed by atoms with Crippen LogP contribution in [0.5, 0.6) is 0 Å². The van der Waals surface area contributed by atoms with Crippen LogP contribution in [-0.4, -0.2) is 32.5 Å². The van der Waals surface area contributed by atoms with Gasteiger partial charge in [0, 0.05) is 6.04 Å². The number of likely N-dealkylation sites (N-methyl/N-ethyl adjacent to an activating group) is 1. The Morgan fingerprint density at radius 1 is 1.37 bits per heavy atom. The maximum atomic E-state index is 12.0. The minimum Gasteiger partial charge on any atom is -0.370 e. The van der Waals surface area contributed by atoms with Crippen molar-refractivity contribution in [2.75, 3.05) is 20.3 Å². The van der Waals surface area contributed by atoms with Crippen LogP contribution in [0.4, 0.5) is 13.2 Å². The molecule has 5 heteroatoms. The summed E-state index contributed by atoms with van der Waals surface area (Å²) < 4.78 is 40.7. The van der Waals surface area contributed by atoms with Crippen molar-refractivity contribution < 1.29 is 17.9 Å².